The van der Waals surface area contributed by atoms with Gasteiger partial charge in [-0.3, -0.25) is 9.59 Å². The number of aryl methyl sites for hydroxylation is 1. The fourth-order valence-electron chi connectivity index (χ4n) is 4.87. The van der Waals surface area contributed by atoms with Gasteiger partial charge in [0.2, 0.25) is 0 Å². The summed E-state index contributed by atoms with van der Waals surface area (Å²) in [6.45, 7) is 7.91. The van der Waals surface area contributed by atoms with Crippen molar-refractivity contribution in [3.8, 4) is 0 Å². The number of carbonyl (C=O) groups excluding carboxylic acids is 2. The molecule has 3 aromatic carbocycles. The van der Waals surface area contributed by atoms with Crippen LogP contribution < -0.4 is 20.9 Å². The van der Waals surface area contributed by atoms with E-state index in [0.717, 1.165) is 42.9 Å². The third-order valence-corrected chi connectivity index (χ3v) is 8.41. The first kappa shape index (κ1) is 31.0. The van der Waals surface area contributed by atoms with E-state index in [4.69, 9.17) is 0 Å². The molecule has 1 aromatic heterocycles. The third-order valence-electron chi connectivity index (χ3n) is 7.45. The van der Waals surface area contributed by atoms with E-state index in [0.29, 0.717) is 46.7 Å². The van der Waals surface area contributed by atoms with Crippen molar-refractivity contribution >= 4 is 45.3 Å². The predicted octanol–water partition coefficient (Wildman–Crippen LogP) is 6.73. The van der Waals surface area contributed by atoms with Crippen molar-refractivity contribution in [1.29, 1.82) is 0 Å². The van der Waals surface area contributed by atoms with Gasteiger partial charge in [0.15, 0.2) is 5.13 Å². The Kier molecular flexibility index (Phi) is 9.50. The van der Waals surface area contributed by atoms with Crippen LogP contribution in [-0.2, 0) is 12.7 Å². The number of aromatic nitrogens is 1. The molecule has 1 aliphatic heterocycles. The van der Waals surface area contributed by atoms with Gasteiger partial charge >= 0.3 is 6.18 Å². The van der Waals surface area contributed by atoms with Gasteiger partial charge in [0.25, 0.3) is 11.8 Å². The van der Waals surface area contributed by atoms with E-state index in [9.17, 15) is 22.8 Å². The molecule has 0 saturated carbocycles. The third kappa shape index (κ3) is 7.74. The number of alkyl halides is 3. The number of amides is 2. The van der Waals surface area contributed by atoms with Gasteiger partial charge in [0.05, 0.1) is 11.8 Å². The second-order valence-electron chi connectivity index (χ2n) is 10.5. The van der Waals surface area contributed by atoms with Gasteiger partial charge in [-0.1, -0.05) is 54.7 Å². The highest BCUT2D eigenvalue weighted by Crippen LogP contribution is 2.34. The number of hydrogen-bond donors (Lipinski definition) is 3. The minimum absolute atomic E-state index is 0.0981. The van der Waals surface area contributed by atoms with Crippen LogP contribution in [0.4, 0.5) is 35.4 Å². The van der Waals surface area contributed by atoms with Crippen LogP contribution in [0.25, 0.3) is 0 Å². The van der Waals surface area contributed by atoms with Gasteiger partial charge in [0.1, 0.15) is 4.88 Å². The summed E-state index contributed by atoms with van der Waals surface area (Å²) in [7, 11) is 0. The maximum absolute atomic E-state index is 13.8. The Labute approximate surface area is 257 Å². The lowest BCUT2D eigenvalue weighted by molar-refractivity contribution is -0.137. The molecule has 0 spiro atoms. The fraction of sp³-hybridized carbons (Fsp3) is 0.281. The highest BCUT2D eigenvalue weighted by molar-refractivity contribution is 7.17. The van der Waals surface area contributed by atoms with Gasteiger partial charge in [-0.05, 0) is 54.9 Å². The van der Waals surface area contributed by atoms with E-state index in [1.165, 1.54) is 23.6 Å². The molecule has 3 N–H and O–H groups in total. The minimum Gasteiger partial charge on any atom is -0.369 e. The van der Waals surface area contributed by atoms with Crippen LogP contribution in [0.1, 0.15) is 43.6 Å². The zero-order chi connectivity index (χ0) is 31.3. The molecule has 8 nitrogen and oxygen atoms in total. The molecule has 1 aliphatic rings. The number of piperazine rings is 1. The average Bonchev–Trinajstić information content (AvgIpc) is 3.51. The predicted molar refractivity (Wildman–Crippen MR) is 169 cm³/mol. The summed E-state index contributed by atoms with van der Waals surface area (Å²) in [4.78, 5) is 35.0. The summed E-state index contributed by atoms with van der Waals surface area (Å²) in [5.41, 5.74) is 2.01. The molecule has 0 radical (unpaired) electrons. The van der Waals surface area contributed by atoms with Crippen molar-refractivity contribution < 1.29 is 22.8 Å². The number of carbonyl (C=O) groups is 2. The Bertz CT molecular complexity index is 1620. The first-order chi connectivity index (χ1) is 21.1. The molecular weight excluding hydrogens is 589 g/mol. The van der Waals surface area contributed by atoms with Crippen LogP contribution in [-0.4, -0.2) is 54.4 Å². The van der Waals surface area contributed by atoms with Crippen LogP contribution in [0.5, 0.6) is 0 Å². The van der Waals surface area contributed by atoms with E-state index >= 15 is 0 Å². The monoisotopic (exact) mass is 622 g/mol. The van der Waals surface area contributed by atoms with E-state index in [1.807, 2.05) is 42.2 Å². The van der Waals surface area contributed by atoms with Gasteiger partial charge in [0, 0.05) is 55.3 Å². The number of thiazole rings is 1. The maximum atomic E-state index is 13.8. The molecule has 0 atom stereocenters. The van der Waals surface area contributed by atoms with Gasteiger partial charge in [-0.15, -0.1) is 0 Å². The number of hydrogen-bond acceptors (Lipinski definition) is 7. The van der Waals surface area contributed by atoms with Crippen molar-refractivity contribution in [1.82, 2.24) is 9.88 Å². The summed E-state index contributed by atoms with van der Waals surface area (Å²) in [5, 5.41) is 9.35. The van der Waals surface area contributed by atoms with Crippen LogP contribution in [0.3, 0.4) is 0 Å². The molecule has 0 bridgehead atoms. The molecule has 1 fully saturated rings. The first-order valence-electron chi connectivity index (χ1n) is 14.3. The lowest BCUT2D eigenvalue weighted by Crippen LogP contribution is -2.46. The van der Waals surface area contributed by atoms with Crippen molar-refractivity contribution in [2.75, 3.05) is 53.6 Å². The summed E-state index contributed by atoms with van der Waals surface area (Å²) in [6.07, 6.45) is -3.12. The Morgan fingerprint density at radius 1 is 0.932 bits per heavy atom. The van der Waals surface area contributed by atoms with Crippen molar-refractivity contribution in [3.05, 3.63) is 100 Å². The molecule has 1 saturated heterocycles. The smallest absolute Gasteiger partial charge is 0.369 e. The highest BCUT2D eigenvalue weighted by Gasteiger charge is 2.33. The maximum Gasteiger partial charge on any atom is 0.416 e. The van der Waals surface area contributed by atoms with Gasteiger partial charge < -0.3 is 25.8 Å². The molecule has 4 aromatic rings. The zero-order valence-electron chi connectivity index (χ0n) is 24.4. The largest absolute Gasteiger partial charge is 0.416 e. The normalized spacial score (nSPS) is 13.9. The summed E-state index contributed by atoms with van der Waals surface area (Å²) < 4.78 is 41.4. The Morgan fingerprint density at radius 3 is 2.39 bits per heavy atom. The number of anilines is 4. The summed E-state index contributed by atoms with van der Waals surface area (Å²) in [5.74, 6) is -1.05. The topological polar surface area (TPSA) is 89.6 Å². The number of benzene rings is 3. The van der Waals surface area contributed by atoms with Crippen molar-refractivity contribution in [2.45, 2.75) is 26.6 Å². The molecule has 2 amide bonds. The lowest BCUT2D eigenvalue weighted by atomic mass is 10.1. The average molecular weight is 623 g/mol. The second kappa shape index (κ2) is 13.5. The molecule has 44 heavy (non-hydrogen) atoms. The minimum atomic E-state index is -4.61. The number of nitrogens with zero attached hydrogens (tertiary/aromatic N) is 3. The number of nitrogens with one attached hydrogen (secondary N) is 3. The molecule has 12 heteroatoms. The molecule has 0 aliphatic carbocycles. The van der Waals surface area contributed by atoms with Crippen molar-refractivity contribution in [2.24, 2.45) is 0 Å². The van der Waals surface area contributed by atoms with Gasteiger partial charge in [-0.2, -0.15) is 13.2 Å². The summed E-state index contributed by atoms with van der Waals surface area (Å²) >= 11 is 1.21. The molecule has 230 valence electrons. The van der Waals surface area contributed by atoms with Crippen LogP contribution in [0, 0.1) is 6.92 Å². The highest BCUT2D eigenvalue weighted by atomic mass is 32.1. The zero-order valence-corrected chi connectivity index (χ0v) is 25.2. The molecule has 0 unspecified atom stereocenters. The van der Waals surface area contributed by atoms with Crippen LogP contribution in [0.15, 0.2) is 72.9 Å². The number of rotatable bonds is 9. The van der Waals surface area contributed by atoms with Crippen molar-refractivity contribution in [3.63, 3.8) is 0 Å². The Balaban J connectivity index is 1.28. The molecule has 2 heterocycles. The molecular formula is C32H33F3N6O2S. The Hall–Kier alpha value is -4.42. The molecule has 5 rings (SSSR count). The Morgan fingerprint density at radius 2 is 1.68 bits per heavy atom. The van der Waals surface area contributed by atoms with E-state index in [-0.39, 0.29) is 11.5 Å². The van der Waals surface area contributed by atoms with E-state index < -0.39 is 17.6 Å². The number of halogens is 3. The standard InChI is InChI=1S/C32H33F3N6O2S/c1-3-40-11-13-41(14-12-40)26-16-23(15-24(17-26)32(33,34)35)29(42)38-25-10-9-21(2)27(18-25)39-30(43)28-20-37-31(44-28)36-19-22-7-5-4-6-8-22/h4-10,15-18,20H,3,11-14,19H2,1-2H3,(H,36,37)(H,38,42)(H,39,43). The number of likely N-dealkylation sites (N-methyl/N-ethyl adjacent to an activating group) is 1. The fourth-order valence-corrected chi connectivity index (χ4v) is 5.57. The van der Waals surface area contributed by atoms with Crippen LogP contribution >= 0.6 is 11.3 Å². The van der Waals surface area contributed by atoms with E-state index in [1.54, 1.807) is 25.1 Å². The quantitative estimate of drug-likeness (QED) is 0.192. The summed E-state index contributed by atoms with van der Waals surface area (Å²) in [6, 6.07) is 18.2. The van der Waals surface area contributed by atoms with E-state index in [2.05, 4.69) is 25.8 Å². The second-order valence-corrected chi connectivity index (χ2v) is 11.5. The lowest BCUT2D eigenvalue weighted by Gasteiger charge is -2.36. The first-order valence-corrected chi connectivity index (χ1v) is 15.1. The van der Waals surface area contributed by atoms with Gasteiger partial charge in [-0.25, -0.2) is 4.98 Å². The van der Waals surface area contributed by atoms with Crippen LogP contribution in [0.2, 0.25) is 0 Å². The SMILES string of the molecule is CCN1CCN(c2cc(C(=O)Nc3ccc(C)c(NC(=O)c4cnc(NCc5ccccc5)s4)c3)cc(C(F)(F)F)c2)CC1.